The molecule has 2 unspecified atom stereocenters. The first-order valence-corrected chi connectivity index (χ1v) is 15.0. The van der Waals surface area contributed by atoms with E-state index in [4.69, 9.17) is 12.2 Å². The van der Waals surface area contributed by atoms with Crippen molar-refractivity contribution in [2.45, 2.75) is 80.4 Å². The van der Waals surface area contributed by atoms with E-state index in [1.54, 1.807) is 11.8 Å². The van der Waals surface area contributed by atoms with Gasteiger partial charge < -0.3 is 25.5 Å². The summed E-state index contributed by atoms with van der Waals surface area (Å²) in [5.41, 5.74) is 2.65. The number of allylic oxidation sites excluding steroid dienone is 4. The quantitative estimate of drug-likeness (QED) is 0.103. The van der Waals surface area contributed by atoms with Crippen LogP contribution in [-0.2, 0) is 0 Å². The molecule has 0 aromatic heterocycles. The van der Waals surface area contributed by atoms with Gasteiger partial charge in [-0.3, -0.25) is 0 Å². The van der Waals surface area contributed by atoms with E-state index in [2.05, 4.69) is 82.3 Å². The Balaban J connectivity index is 2.49. The molecule has 1 heterocycles. The van der Waals surface area contributed by atoms with E-state index in [1.165, 1.54) is 5.57 Å². The van der Waals surface area contributed by atoms with Gasteiger partial charge in [-0.25, -0.2) is 0 Å². The van der Waals surface area contributed by atoms with Crippen molar-refractivity contribution in [3.63, 3.8) is 0 Å². The molecule has 36 heavy (non-hydrogen) atoms. The molecule has 3 atom stereocenters. The summed E-state index contributed by atoms with van der Waals surface area (Å²) in [4.78, 5) is 2.13. The van der Waals surface area contributed by atoms with E-state index in [0.717, 1.165) is 61.8 Å². The van der Waals surface area contributed by atoms with Crippen LogP contribution in [0.1, 0.15) is 74.1 Å². The summed E-state index contributed by atoms with van der Waals surface area (Å²) in [6.07, 6.45) is 9.16. The van der Waals surface area contributed by atoms with E-state index >= 15 is 0 Å². The second-order valence-electron chi connectivity index (χ2n) is 11.3. The minimum Gasteiger partial charge on any atom is -0.392 e. The average molecular weight is 541 g/mol. The van der Waals surface area contributed by atoms with Crippen LogP contribution in [0.3, 0.4) is 0 Å². The molecular weight excluding hydrogens is 488 g/mol. The predicted molar refractivity (Wildman–Crippen MR) is 160 cm³/mol. The molecular formula is C29H52N2O3S2. The zero-order chi connectivity index (χ0) is 27.3. The van der Waals surface area contributed by atoms with Gasteiger partial charge in [-0.2, -0.15) is 0 Å². The number of thioether (sulfide) groups is 1. The van der Waals surface area contributed by atoms with Crippen LogP contribution >= 0.6 is 24.0 Å². The van der Waals surface area contributed by atoms with Gasteiger partial charge in [-0.1, -0.05) is 66.7 Å². The number of piperidine rings is 1. The van der Waals surface area contributed by atoms with E-state index < -0.39 is 6.29 Å². The highest BCUT2D eigenvalue weighted by molar-refractivity contribution is 8.02. The number of aliphatic hydroxyl groups is 3. The van der Waals surface area contributed by atoms with E-state index in [9.17, 15) is 15.3 Å². The van der Waals surface area contributed by atoms with Gasteiger partial charge in [0.25, 0.3) is 0 Å². The third-order valence-corrected chi connectivity index (χ3v) is 8.85. The van der Waals surface area contributed by atoms with Crippen LogP contribution in [-0.4, -0.2) is 63.6 Å². The van der Waals surface area contributed by atoms with Gasteiger partial charge in [-0.15, -0.1) is 11.8 Å². The fourth-order valence-electron chi connectivity index (χ4n) is 4.42. The number of hydrogen-bond donors (Lipinski definition) is 4. The van der Waals surface area contributed by atoms with Crippen LogP contribution in [0.4, 0.5) is 0 Å². The Kier molecular flexibility index (Phi) is 15.5. The molecule has 1 aliphatic heterocycles. The Labute approximate surface area is 230 Å². The minimum absolute atomic E-state index is 0.0553. The van der Waals surface area contributed by atoms with Crippen molar-refractivity contribution in [3.05, 3.63) is 34.8 Å². The molecule has 0 radical (unpaired) electrons. The maximum Gasteiger partial charge on any atom is 0.168 e. The predicted octanol–water partition coefficient (Wildman–Crippen LogP) is 5.73. The molecule has 1 fully saturated rings. The summed E-state index contributed by atoms with van der Waals surface area (Å²) < 4.78 is 0. The zero-order valence-corrected chi connectivity index (χ0v) is 25.3. The fourth-order valence-corrected chi connectivity index (χ4v) is 5.58. The molecule has 0 bridgehead atoms. The first-order chi connectivity index (χ1) is 16.9. The van der Waals surface area contributed by atoms with Gasteiger partial charge in [0.05, 0.1) is 6.61 Å². The van der Waals surface area contributed by atoms with Crippen LogP contribution in [0.15, 0.2) is 34.8 Å². The molecule has 208 valence electrons. The monoisotopic (exact) mass is 540 g/mol. The van der Waals surface area contributed by atoms with Crippen LogP contribution in [0.2, 0.25) is 0 Å². The van der Waals surface area contributed by atoms with Gasteiger partial charge in [0, 0.05) is 31.3 Å². The van der Waals surface area contributed by atoms with Crippen LogP contribution in [0.5, 0.6) is 0 Å². The normalized spacial score (nSPS) is 19.1. The first-order valence-electron chi connectivity index (χ1n) is 13.6. The second-order valence-corrected chi connectivity index (χ2v) is 12.6. The smallest absolute Gasteiger partial charge is 0.168 e. The van der Waals surface area contributed by atoms with Crippen LogP contribution in [0, 0.1) is 29.1 Å². The summed E-state index contributed by atoms with van der Waals surface area (Å²) in [6.45, 7) is 18.0. The summed E-state index contributed by atoms with van der Waals surface area (Å²) >= 11 is 7.38. The molecule has 4 N–H and O–H groups in total. The Morgan fingerprint density at radius 2 is 1.81 bits per heavy atom. The Bertz CT molecular complexity index is 735. The van der Waals surface area contributed by atoms with Crippen molar-refractivity contribution < 1.29 is 15.3 Å². The van der Waals surface area contributed by atoms with Crippen LogP contribution in [0.25, 0.3) is 0 Å². The number of aliphatic hydroxyl groups excluding tert-OH is 2. The Hall–Kier alpha value is -0.860. The zero-order valence-electron chi connectivity index (χ0n) is 23.7. The molecule has 0 spiro atoms. The van der Waals surface area contributed by atoms with Crippen molar-refractivity contribution in [1.82, 2.24) is 10.2 Å². The topological polar surface area (TPSA) is 76.0 Å². The number of likely N-dealkylation sites (tertiary alicyclic amines) is 1. The number of nitrogens with zero attached hydrogens (tertiary/aromatic N) is 1. The molecule has 0 aromatic rings. The minimum atomic E-state index is -1.23. The Morgan fingerprint density at radius 3 is 2.33 bits per heavy atom. The van der Waals surface area contributed by atoms with Crippen molar-refractivity contribution in [1.29, 1.82) is 0 Å². The van der Waals surface area contributed by atoms with Crippen LogP contribution < -0.4 is 5.32 Å². The average Bonchev–Trinajstić information content (AvgIpc) is 2.84. The lowest BCUT2D eigenvalue weighted by Gasteiger charge is -2.35. The number of thiocarbonyl (C=S) groups is 1. The lowest BCUT2D eigenvalue weighted by molar-refractivity contribution is -0.0950. The number of nitrogens with one attached hydrogen (secondary N) is 1. The highest BCUT2D eigenvalue weighted by atomic mass is 32.2. The van der Waals surface area contributed by atoms with Crippen molar-refractivity contribution in [2.24, 2.45) is 29.1 Å². The van der Waals surface area contributed by atoms with Gasteiger partial charge >= 0.3 is 0 Å². The highest BCUT2D eigenvalue weighted by Gasteiger charge is 2.26. The Morgan fingerprint density at radius 1 is 1.17 bits per heavy atom. The van der Waals surface area contributed by atoms with Gasteiger partial charge in [0.15, 0.2) is 11.4 Å². The maximum absolute atomic E-state index is 10.0. The summed E-state index contributed by atoms with van der Waals surface area (Å²) in [7, 11) is 0. The van der Waals surface area contributed by atoms with Crippen molar-refractivity contribution >= 4 is 29.1 Å². The maximum atomic E-state index is 10.0. The summed E-state index contributed by atoms with van der Waals surface area (Å²) in [6, 6.07) is 0. The lowest BCUT2D eigenvalue weighted by atomic mass is 9.81. The van der Waals surface area contributed by atoms with Gasteiger partial charge in [0.1, 0.15) is 0 Å². The molecule has 0 aromatic carbocycles. The number of hydrogen-bond acceptors (Lipinski definition) is 5. The second kappa shape index (κ2) is 16.9. The van der Waals surface area contributed by atoms with Crippen molar-refractivity contribution in [2.75, 3.05) is 32.0 Å². The fraction of sp³-hybridized carbons (Fsp3) is 0.759. The van der Waals surface area contributed by atoms with Gasteiger partial charge in [0.2, 0.25) is 0 Å². The summed E-state index contributed by atoms with van der Waals surface area (Å²) in [5, 5.41) is 35.1. The largest absolute Gasteiger partial charge is 0.392 e. The molecule has 1 rings (SSSR count). The standard InChI is InChI=1S/C29H52N2O3S2/c1-8-11-26(29(5,6)7)12-9-10-17-36-20-25(19-32)23(4)22(3)21(2)18-30-28(35)31-15-13-24(14-16-31)27(33)34/h9,11-12,20-24,27,32-34H,8,10,13-19H2,1-7H3,(H,30,35)/b12-9-,25-20+,26-11+/t21-,22?,23?/m1/s1. The van der Waals surface area contributed by atoms with E-state index in [1.807, 2.05) is 0 Å². The third kappa shape index (κ3) is 11.7. The molecule has 0 amide bonds. The molecule has 7 heteroatoms. The molecule has 1 aliphatic rings. The third-order valence-electron chi connectivity index (χ3n) is 7.50. The SMILES string of the molecule is CC/C=C(\C=C/CCS/C=C(\CO)C(C)C(C)[C@H](C)CNC(=S)N1CCC(C(O)O)CC1)C(C)(C)C. The molecule has 1 saturated heterocycles. The molecule has 0 saturated carbocycles. The number of rotatable bonds is 13. The molecule has 0 aliphatic carbocycles. The lowest BCUT2D eigenvalue weighted by Crippen LogP contribution is -2.47. The molecule has 5 nitrogen and oxygen atoms in total. The van der Waals surface area contributed by atoms with Crippen molar-refractivity contribution in [3.8, 4) is 0 Å². The van der Waals surface area contributed by atoms with Gasteiger partial charge in [-0.05, 0) is 77.6 Å². The first kappa shape index (κ1) is 33.2. The highest BCUT2D eigenvalue weighted by Crippen LogP contribution is 2.29. The summed E-state index contributed by atoms with van der Waals surface area (Å²) in [5.74, 6) is 2.01. The van der Waals surface area contributed by atoms with E-state index in [0.29, 0.717) is 11.8 Å². The van der Waals surface area contributed by atoms with E-state index in [-0.39, 0.29) is 23.9 Å².